The van der Waals surface area contributed by atoms with Crippen molar-refractivity contribution in [3.05, 3.63) is 58.1 Å². The summed E-state index contributed by atoms with van der Waals surface area (Å²) >= 11 is 0. The van der Waals surface area contributed by atoms with E-state index in [-0.39, 0.29) is 16.7 Å². The first-order valence-electron chi connectivity index (χ1n) is 10.7. The lowest BCUT2D eigenvalue weighted by Gasteiger charge is -2.22. The summed E-state index contributed by atoms with van der Waals surface area (Å²) in [4.78, 5) is 12.9. The maximum atomic E-state index is 12.8. The number of rotatable bonds is 5. The van der Waals surface area contributed by atoms with Gasteiger partial charge in [-0.05, 0) is 78.8 Å². The molecule has 1 aliphatic carbocycles. The van der Waals surface area contributed by atoms with Crippen molar-refractivity contribution in [3.63, 3.8) is 0 Å². The number of urea groups is 1. The van der Waals surface area contributed by atoms with Crippen molar-refractivity contribution >= 4 is 21.7 Å². The van der Waals surface area contributed by atoms with Crippen LogP contribution in [0.1, 0.15) is 80.2 Å². The van der Waals surface area contributed by atoms with E-state index in [1.165, 1.54) is 5.56 Å². The van der Waals surface area contributed by atoms with Gasteiger partial charge in [-0.2, -0.15) is 0 Å². The van der Waals surface area contributed by atoms with Crippen molar-refractivity contribution in [1.29, 1.82) is 0 Å². The van der Waals surface area contributed by atoms with Gasteiger partial charge < -0.3 is 5.32 Å². The van der Waals surface area contributed by atoms with Crippen LogP contribution in [0.4, 0.5) is 10.5 Å². The molecule has 2 aromatic rings. The van der Waals surface area contributed by atoms with Gasteiger partial charge in [-0.1, -0.05) is 51.5 Å². The van der Waals surface area contributed by atoms with Crippen molar-refractivity contribution < 1.29 is 13.2 Å². The number of hydrogen-bond donors (Lipinski definition) is 2. The van der Waals surface area contributed by atoms with E-state index in [1.54, 1.807) is 12.1 Å². The van der Waals surface area contributed by atoms with Gasteiger partial charge in [0.15, 0.2) is 0 Å². The minimum absolute atomic E-state index is 0.135. The first-order chi connectivity index (χ1) is 14.1. The second-order valence-electron chi connectivity index (χ2n) is 8.83. The Balaban J connectivity index is 1.87. The molecule has 0 atom stereocenters. The summed E-state index contributed by atoms with van der Waals surface area (Å²) in [6, 6.07) is 8.52. The van der Waals surface area contributed by atoms with Gasteiger partial charge in [0.05, 0.1) is 4.90 Å². The van der Waals surface area contributed by atoms with Gasteiger partial charge in [-0.3, -0.25) is 0 Å². The average molecular weight is 429 g/mol. The minimum Gasteiger partial charge on any atom is -0.307 e. The topological polar surface area (TPSA) is 75.3 Å². The number of anilines is 1. The summed E-state index contributed by atoms with van der Waals surface area (Å²) in [6.45, 7) is 10.3. The van der Waals surface area contributed by atoms with Crippen molar-refractivity contribution in [3.8, 4) is 0 Å². The lowest BCUT2D eigenvalue weighted by Crippen LogP contribution is -2.35. The van der Waals surface area contributed by atoms with Gasteiger partial charge in [0.2, 0.25) is 0 Å². The normalized spacial score (nSPS) is 14.0. The summed E-state index contributed by atoms with van der Waals surface area (Å²) in [5.74, 6) is 0.380. The molecule has 2 amide bonds. The maximum Gasteiger partial charge on any atom is 0.333 e. The molecule has 0 saturated carbocycles. The molecule has 3 rings (SSSR count). The fourth-order valence-electron chi connectivity index (χ4n) is 4.10. The molecule has 0 saturated heterocycles. The lowest BCUT2D eigenvalue weighted by molar-refractivity contribution is 0.256. The Labute approximate surface area is 180 Å². The highest BCUT2D eigenvalue weighted by Crippen LogP contribution is 2.34. The van der Waals surface area contributed by atoms with Gasteiger partial charge >= 0.3 is 6.03 Å². The van der Waals surface area contributed by atoms with Gasteiger partial charge in [0.1, 0.15) is 0 Å². The van der Waals surface area contributed by atoms with Gasteiger partial charge in [0.25, 0.3) is 10.0 Å². The van der Waals surface area contributed by atoms with Crippen molar-refractivity contribution in [2.24, 2.45) is 0 Å². The van der Waals surface area contributed by atoms with Crippen LogP contribution in [-0.2, 0) is 22.9 Å². The van der Waals surface area contributed by atoms with E-state index in [0.29, 0.717) is 5.69 Å². The molecule has 0 aromatic heterocycles. The number of carbonyl (C=O) groups is 1. The first kappa shape index (κ1) is 22.3. The fraction of sp³-hybridized carbons (Fsp3) is 0.458. The lowest BCUT2D eigenvalue weighted by atomic mass is 9.90. The Morgan fingerprint density at radius 2 is 1.47 bits per heavy atom. The van der Waals surface area contributed by atoms with Gasteiger partial charge in [0, 0.05) is 5.69 Å². The van der Waals surface area contributed by atoms with E-state index in [2.05, 4.69) is 37.7 Å². The van der Waals surface area contributed by atoms with Crippen LogP contribution in [0.3, 0.4) is 0 Å². The van der Waals surface area contributed by atoms with Crippen LogP contribution in [0, 0.1) is 6.92 Å². The zero-order valence-corrected chi connectivity index (χ0v) is 19.3. The van der Waals surface area contributed by atoms with E-state index in [9.17, 15) is 13.2 Å². The van der Waals surface area contributed by atoms with Crippen LogP contribution < -0.4 is 10.0 Å². The number of carbonyl (C=O) groups excluding carboxylic acids is 1. The number of amides is 2. The average Bonchev–Trinajstić information content (AvgIpc) is 2.67. The summed E-state index contributed by atoms with van der Waals surface area (Å²) in [5.41, 5.74) is 6.08. The molecular weight excluding hydrogens is 396 g/mol. The van der Waals surface area contributed by atoms with E-state index < -0.39 is 16.1 Å². The number of fused-ring (bicyclic) bond motifs is 1. The molecular formula is C24H32N2O3S. The molecule has 0 fully saturated rings. The Kier molecular flexibility index (Phi) is 6.56. The highest BCUT2D eigenvalue weighted by Gasteiger charge is 2.22. The summed E-state index contributed by atoms with van der Waals surface area (Å²) in [6.07, 6.45) is 4.05. The highest BCUT2D eigenvalue weighted by atomic mass is 32.2. The second kappa shape index (κ2) is 8.80. The van der Waals surface area contributed by atoms with Crippen molar-refractivity contribution in [1.82, 2.24) is 4.72 Å². The van der Waals surface area contributed by atoms with E-state index in [1.807, 2.05) is 25.1 Å². The fourth-order valence-corrected chi connectivity index (χ4v) is 5.05. The molecule has 0 heterocycles. The van der Waals surface area contributed by atoms with E-state index >= 15 is 0 Å². The predicted octanol–water partition coefficient (Wildman–Crippen LogP) is 5.63. The summed E-state index contributed by atoms with van der Waals surface area (Å²) in [5, 5.41) is 2.83. The molecule has 162 valence electrons. The van der Waals surface area contributed by atoms with E-state index in [4.69, 9.17) is 0 Å². The number of hydrogen-bond acceptors (Lipinski definition) is 3. The van der Waals surface area contributed by atoms with Gasteiger partial charge in [-0.15, -0.1) is 0 Å². The van der Waals surface area contributed by atoms with Crippen LogP contribution in [-0.4, -0.2) is 14.4 Å². The number of nitrogens with one attached hydrogen (secondary N) is 2. The van der Waals surface area contributed by atoms with Crippen LogP contribution in [0.5, 0.6) is 0 Å². The van der Waals surface area contributed by atoms with Gasteiger partial charge in [-0.25, -0.2) is 17.9 Å². The third-order valence-corrected chi connectivity index (χ3v) is 7.01. The standard InChI is InChI=1S/C24H32N2O3S/c1-15(2)21-12-17(5)13-22(16(3)4)23(21)25-24(27)26-30(28,29)20-11-10-18-8-6-7-9-19(18)14-20/h10-16H,6-9H2,1-5H3,(H2,25,26,27). The third kappa shape index (κ3) is 4.86. The smallest absolute Gasteiger partial charge is 0.307 e. The van der Waals surface area contributed by atoms with E-state index in [0.717, 1.165) is 47.9 Å². The zero-order valence-electron chi connectivity index (χ0n) is 18.5. The molecule has 30 heavy (non-hydrogen) atoms. The van der Waals surface area contributed by atoms with Crippen molar-refractivity contribution in [2.45, 2.75) is 77.0 Å². The molecule has 1 aliphatic rings. The molecule has 2 aromatic carbocycles. The minimum atomic E-state index is -3.95. The number of benzene rings is 2. The zero-order chi connectivity index (χ0) is 22.1. The molecule has 0 unspecified atom stereocenters. The first-order valence-corrected chi connectivity index (χ1v) is 12.2. The molecule has 6 heteroatoms. The molecule has 0 bridgehead atoms. The molecule has 2 N–H and O–H groups in total. The SMILES string of the molecule is Cc1cc(C(C)C)c(NC(=O)NS(=O)(=O)c2ccc3c(c2)CCCC3)c(C(C)C)c1. The van der Waals surface area contributed by atoms with Crippen LogP contribution >= 0.6 is 0 Å². The maximum absolute atomic E-state index is 12.8. The predicted molar refractivity (Wildman–Crippen MR) is 122 cm³/mol. The van der Waals surface area contributed by atoms with Crippen LogP contribution in [0.15, 0.2) is 35.2 Å². The summed E-state index contributed by atoms with van der Waals surface area (Å²) in [7, 11) is -3.95. The van der Waals surface area contributed by atoms with Crippen LogP contribution in [0.2, 0.25) is 0 Å². The highest BCUT2D eigenvalue weighted by molar-refractivity contribution is 7.90. The molecule has 5 nitrogen and oxygen atoms in total. The largest absolute Gasteiger partial charge is 0.333 e. The monoisotopic (exact) mass is 428 g/mol. The Bertz CT molecular complexity index is 1030. The van der Waals surface area contributed by atoms with Crippen LogP contribution in [0.25, 0.3) is 0 Å². The molecule has 0 spiro atoms. The Hall–Kier alpha value is -2.34. The number of sulfonamides is 1. The Morgan fingerprint density at radius 3 is 2.03 bits per heavy atom. The Morgan fingerprint density at radius 1 is 0.900 bits per heavy atom. The number of aryl methyl sites for hydroxylation is 3. The third-order valence-electron chi connectivity index (χ3n) is 5.68. The molecule has 0 aliphatic heterocycles. The quantitative estimate of drug-likeness (QED) is 0.648. The second-order valence-corrected chi connectivity index (χ2v) is 10.5. The summed E-state index contributed by atoms with van der Waals surface area (Å²) < 4.78 is 27.9. The molecule has 0 radical (unpaired) electrons. The van der Waals surface area contributed by atoms with Crippen molar-refractivity contribution in [2.75, 3.05) is 5.32 Å².